The molecule has 4 saturated heterocycles. The van der Waals surface area contributed by atoms with E-state index in [1.165, 1.54) is 18.2 Å². The first kappa shape index (κ1) is 41.3. The van der Waals surface area contributed by atoms with E-state index in [4.69, 9.17) is 4.98 Å². The van der Waals surface area contributed by atoms with Crippen LogP contribution < -0.4 is 15.5 Å². The molecule has 3 aromatic heterocycles. The summed E-state index contributed by atoms with van der Waals surface area (Å²) >= 11 is 0. The van der Waals surface area contributed by atoms with E-state index in [9.17, 15) is 37.5 Å². The van der Waals surface area contributed by atoms with Crippen LogP contribution >= 0.6 is 0 Å². The molecule has 0 aliphatic carbocycles. The molecule has 0 spiro atoms. The molecule has 0 bridgehead atoms. The number of halogens is 5. The number of nitrogens with one attached hydrogen (secondary N) is 2. The van der Waals surface area contributed by atoms with Crippen LogP contribution in [0.25, 0.3) is 5.65 Å². The number of piperidine rings is 3. The van der Waals surface area contributed by atoms with Gasteiger partial charge in [0.25, 0.3) is 5.91 Å². The maximum atomic E-state index is 15.1. The Bertz CT molecular complexity index is 2320. The van der Waals surface area contributed by atoms with E-state index >= 15 is 8.78 Å². The van der Waals surface area contributed by atoms with Gasteiger partial charge in [0.1, 0.15) is 28.7 Å². The van der Waals surface area contributed by atoms with Crippen molar-refractivity contribution in [2.24, 2.45) is 5.92 Å². The van der Waals surface area contributed by atoms with Gasteiger partial charge in [-0.2, -0.15) is 13.2 Å². The summed E-state index contributed by atoms with van der Waals surface area (Å²) in [6, 6.07) is 7.43. The van der Waals surface area contributed by atoms with E-state index in [0.29, 0.717) is 49.1 Å². The molecular formula is C42H45F5N8O5. The first-order valence-electron chi connectivity index (χ1n) is 20.1. The fourth-order valence-electron chi connectivity index (χ4n) is 8.93. The largest absolute Gasteiger partial charge is 0.433 e. The van der Waals surface area contributed by atoms with Crippen molar-refractivity contribution in [1.82, 2.24) is 29.5 Å². The molecule has 4 aliphatic rings. The lowest BCUT2D eigenvalue weighted by molar-refractivity contribution is -0.141. The fourth-order valence-corrected chi connectivity index (χ4v) is 8.93. The van der Waals surface area contributed by atoms with Gasteiger partial charge in [0, 0.05) is 73.8 Å². The second kappa shape index (κ2) is 15.8. The lowest BCUT2D eigenvalue weighted by Gasteiger charge is -2.45. The molecule has 3 N–H and O–H groups in total. The quantitative estimate of drug-likeness (QED) is 0.158. The maximum absolute atomic E-state index is 15.1. The Kier molecular flexibility index (Phi) is 10.9. The molecule has 1 aromatic carbocycles. The summed E-state index contributed by atoms with van der Waals surface area (Å²) in [6.07, 6.45) is 2.14. The predicted octanol–water partition coefficient (Wildman–Crippen LogP) is 5.33. The lowest BCUT2D eigenvalue weighted by atomic mass is 9.89. The number of amides is 4. The van der Waals surface area contributed by atoms with Crippen LogP contribution in [0.3, 0.4) is 0 Å². The van der Waals surface area contributed by atoms with Gasteiger partial charge < -0.3 is 29.5 Å². The highest BCUT2D eigenvalue weighted by atomic mass is 19.4. The zero-order valence-corrected chi connectivity index (χ0v) is 33.1. The molecular weight excluding hydrogens is 792 g/mol. The number of likely N-dealkylation sites (tertiary alicyclic amines) is 2. The third-order valence-corrected chi connectivity index (χ3v) is 12.3. The highest BCUT2D eigenvalue weighted by Crippen LogP contribution is 2.37. The summed E-state index contributed by atoms with van der Waals surface area (Å²) in [7, 11) is 0. The zero-order chi connectivity index (χ0) is 42.7. The summed E-state index contributed by atoms with van der Waals surface area (Å²) in [5.41, 5.74) is -1.12. The van der Waals surface area contributed by atoms with Gasteiger partial charge in [0.15, 0.2) is 0 Å². The first-order valence-corrected chi connectivity index (χ1v) is 20.1. The number of pyridine rings is 2. The van der Waals surface area contributed by atoms with Crippen LogP contribution in [0.15, 0.2) is 48.8 Å². The number of aromatic nitrogens is 3. The van der Waals surface area contributed by atoms with E-state index in [1.54, 1.807) is 35.4 Å². The molecule has 8 rings (SSSR count). The Morgan fingerprint density at radius 2 is 1.58 bits per heavy atom. The number of imidazole rings is 1. The SMILES string of the molecule is CC(C)(O)c1cc2nc(C3CCN(C4CCN(C(=O)C5CN(c6cc(F)c([C@H]7CCC(=O)NC7=O)c(F)c6)C5)CC4)CC3)cn2cc1NC(=O)c1cccc(C(F)(F)F)n1. The van der Waals surface area contributed by atoms with Crippen molar-refractivity contribution in [1.29, 1.82) is 0 Å². The molecule has 4 amide bonds. The number of fused-ring (bicyclic) bond motifs is 1. The molecule has 4 fully saturated rings. The fraction of sp³-hybridized carbons (Fsp3) is 0.476. The van der Waals surface area contributed by atoms with Gasteiger partial charge >= 0.3 is 6.18 Å². The average Bonchev–Trinajstić information content (AvgIpc) is 3.60. The molecule has 1 atom stereocenters. The van der Waals surface area contributed by atoms with Gasteiger partial charge in [-0.1, -0.05) is 6.07 Å². The Morgan fingerprint density at radius 1 is 0.900 bits per heavy atom. The van der Waals surface area contributed by atoms with Crippen molar-refractivity contribution in [3.05, 3.63) is 88.6 Å². The van der Waals surface area contributed by atoms with E-state index < -0.39 is 58.4 Å². The molecule has 13 nitrogen and oxygen atoms in total. The number of anilines is 2. The molecule has 18 heteroatoms. The molecule has 0 radical (unpaired) electrons. The van der Waals surface area contributed by atoms with Crippen LogP contribution in [0.5, 0.6) is 0 Å². The molecule has 4 aliphatic heterocycles. The molecule has 4 aromatic rings. The summed E-state index contributed by atoms with van der Waals surface area (Å²) in [4.78, 5) is 64.6. The Hall–Kier alpha value is -5.49. The van der Waals surface area contributed by atoms with Crippen molar-refractivity contribution >= 4 is 40.7 Å². The number of aliphatic hydroxyl groups is 1. The van der Waals surface area contributed by atoms with E-state index in [2.05, 4.69) is 20.5 Å². The van der Waals surface area contributed by atoms with Crippen LogP contribution in [-0.2, 0) is 26.2 Å². The highest BCUT2D eigenvalue weighted by Gasteiger charge is 2.40. The number of carbonyl (C=O) groups is 4. The standard InChI is InChI=1S/C42H45F5N8O5/c1-41(2,60)28-18-35-49-32(21-55(35)22-33(28)50-39(58)31-4-3-5-34(48-31)42(45,46)47)23-8-12-52(13-9-23)25-10-14-53(15-11-25)40(59)24-19-54(20-24)26-16-29(43)37(30(44)17-26)27-6-7-36(56)51-38(27)57/h3-5,16-18,21-25,27,60H,6-15,19-20H2,1-2H3,(H,50,58)(H,51,56,57)/t27-/m1/s1. The topological polar surface area (TPSA) is 152 Å². The van der Waals surface area contributed by atoms with E-state index in [0.717, 1.165) is 56.6 Å². The monoisotopic (exact) mass is 836 g/mol. The van der Waals surface area contributed by atoms with E-state index in [1.807, 2.05) is 11.1 Å². The van der Waals surface area contributed by atoms with Crippen molar-refractivity contribution in [3.8, 4) is 0 Å². The molecule has 60 heavy (non-hydrogen) atoms. The van der Waals surface area contributed by atoms with Crippen LogP contribution in [0.1, 0.15) is 97.2 Å². The van der Waals surface area contributed by atoms with Crippen molar-refractivity contribution < 1.29 is 46.2 Å². The molecule has 0 saturated carbocycles. The molecule has 318 valence electrons. The molecule has 0 unspecified atom stereocenters. The lowest BCUT2D eigenvalue weighted by Crippen LogP contribution is -2.57. The number of benzene rings is 1. The van der Waals surface area contributed by atoms with Crippen LogP contribution in [0, 0.1) is 17.6 Å². The number of imide groups is 1. The third-order valence-electron chi connectivity index (χ3n) is 12.3. The first-order chi connectivity index (χ1) is 28.4. The number of hydrogen-bond acceptors (Lipinski definition) is 9. The third kappa shape index (κ3) is 8.31. The minimum Gasteiger partial charge on any atom is -0.386 e. The van der Waals surface area contributed by atoms with Crippen LogP contribution in [0.4, 0.5) is 33.3 Å². The van der Waals surface area contributed by atoms with Crippen LogP contribution in [-0.4, -0.2) is 98.2 Å². The summed E-state index contributed by atoms with van der Waals surface area (Å²) in [6.45, 7) is 6.65. The maximum Gasteiger partial charge on any atom is 0.433 e. The second-order valence-electron chi connectivity index (χ2n) is 16.7. The second-order valence-corrected chi connectivity index (χ2v) is 16.7. The van der Waals surface area contributed by atoms with Crippen LogP contribution in [0.2, 0.25) is 0 Å². The number of carbonyl (C=O) groups excluding carboxylic acids is 4. The predicted molar refractivity (Wildman–Crippen MR) is 208 cm³/mol. The number of hydrogen-bond donors (Lipinski definition) is 3. The highest BCUT2D eigenvalue weighted by molar-refractivity contribution is 6.03. The smallest absolute Gasteiger partial charge is 0.386 e. The summed E-state index contributed by atoms with van der Waals surface area (Å²) < 4.78 is 71.7. The number of alkyl halides is 3. The summed E-state index contributed by atoms with van der Waals surface area (Å²) in [5.74, 6) is -4.92. The minimum absolute atomic E-state index is 0.00817. The van der Waals surface area contributed by atoms with Gasteiger partial charge in [0.05, 0.1) is 28.8 Å². The Morgan fingerprint density at radius 3 is 2.22 bits per heavy atom. The summed E-state index contributed by atoms with van der Waals surface area (Å²) in [5, 5.41) is 15.7. The van der Waals surface area contributed by atoms with E-state index in [-0.39, 0.29) is 41.8 Å². The molecule has 7 heterocycles. The Balaban J connectivity index is 0.835. The van der Waals surface area contributed by atoms with Gasteiger partial charge in [-0.3, -0.25) is 24.5 Å². The Labute approximate surface area is 341 Å². The van der Waals surface area contributed by atoms with Gasteiger partial charge in [-0.25, -0.2) is 18.7 Å². The van der Waals surface area contributed by atoms with Crippen molar-refractivity contribution in [2.45, 2.75) is 82.0 Å². The van der Waals surface area contributed by atoms with Crippen molar-refractivity contribution in [2.75, 3.05) is 49.5 Å². The van der Waals surface area contributed by atoms with Gasteiger partial charge in [-0.05, 0) is 89.4 Å². The van der Waals surface area contributed by atoms with Crippen molar-refractivity contribution in [3.63, 3.8) is 0 Å². The normalized spacial score (nSPS) is 20.4. The number of nitrogens with zero attached hydrogens (tertiary/aromatic N) is 6. The average molecular weight is 837 g/mol. The van der Waals surface area contributed by atoms with Gasteiger partial charge in [0.2, 0.25) is 17.7 Å². The van der Waals surface area contributed by atoms with Gasteiger partial charge in [-0.15, -0.1) is 0 Å². The zero-order valence-electron chi connectivity index (χ0n) is 33.1. The minimum atomic E-state index is -4.72. The number of rotatable bonds is 8.